The van der Waals surface area contributed by atoms with Crippen LogP contribution in [0.5, 0.6) is 0 Å². The first-order chi connectivity index (χ1) is 11.0. The molecule has 6 heteroatoms. The summed E-state index contributed by atoms with van der Waals surface area (Å²) in [5.74, 6) is 0.626. The number of aryl methyl sites for hydroxylation is 2. The number of rotatable bonds is 3. The molecule has 0 unspecified atom stereocenters. The van der Waals surface area contributed by atoms with Gasteiger partial charge in [0.1, 0.15) is 5.82 Å². The highest BCUT2D eigenvalue weighted by atomic mass is 35.5. The van der Waals surface area contributed by atoms with Gasteiger partial charge in [0.15, 0.2) is 0 Å². The number of hydrogen-bond donors (Lipinski definition) is 0. The second kappa shape index (κ2) is 6.22. The van der Waals surface area contributed by atoms with Gasteiger partial charge in [0, 0.05) is 5.02 Å². The van der Waals surface area contributed by atoms with Gasteiger partial charge in [0.25, 0.3) is 0 Å². The van der Waals surface area contributed by atoms with Gasteiger partial charge in [0.2, 0.25) is 0 Å². The first kappa shape index (κ1) is 15.8. The highest BCUT2D eigenvalue weighted by Gasteiger charge is 2.14. The van der Waals surface area contributed by atoms with Crippen molar-refractivity contribution in [3.8, 4) is 5.69 Å². The largest absolute Gasteiger partial charge is 0.351 e. The van der Waals surface area contributed by atoms with Crippen molar-refractivity contribution in [2.75, 3.05) is 0 Å². The molecule has 2 aromatic carbocycles. The maximum Gasteiger partial charge on any atom is 0.351 e. The lowest BCUT2D eigenvalue weighted by atomic mass is 10.1. The highest BCUT2D eigenvalue weighted by Crippen LogP contribution is 2.23. The van der Waals surface area contributed by atoms with E-state index in [-0.39, 0.29) is 5.69 Å². The number of hydrogen-bond acceptors (Lipinski definition) is 2. The molecular weight excluding hydrogens is 333 g/mol. The molecule has 0 amide bonds. The third-order valence-corrected chi connectivity index (χ3v) is 4.18. The lowest BCUT2D eigenvalue weighted by Crippen LogP contribution is -2.24. The Hall–Kier alpha value is -2.04. The highest BCUT2D eigenvalue weighted by molar-refractivity contribution is 6.35. The summed E-state index contributed by atoms with van der Waals surface area (Å²) in [5, 5.41) is 5.23. The Balaban J connectivity index is 2.02. The zero-order valence-corrected chi connectivity index (χ0v) is 14.3. The van der Waals surface area contributed by atoms with Gasteiger partial charge in [-0.05, 0) is 37.6 Å². The molecule has 4 nitrogen and oxygen atoms in total. The van der Waals surface area contributed by atoms with Gasteiger partial charge >= 0.3 is 5.69 Å². The van der Waals surface area contributed by atoms with Gasteiger partial charge in [-0.3, -0.25) is 4.57 Å². The van der Waals surface area contributed by atoms with Gasteiger partial charge < -0.3 is 0 Å². The molecule has 1 heterocycles. The van der Waals surface area contributed by atoms with E-state index in [1.165, 1.54) is 10.2 Å². The Morgan fingerprint density at radius 3 is 2.39 bits per heavy atom. The van der Waals surface area contributed by atoms with Crippen LogP contribution in [0.4, 0.5) is 0 Å². The first-order valence-electron chi connectivity index (χ1n) is 7.13. The number of benzene rings is 2. The van der Waals surface area contributed by atoms with E-state index in [0.29, 0.717) is 28.1 Å². The van der Waals surface area contributed by atoms with Crippen LogP contribution in [0.15, 0.2) is 47.3 Å². The third-order valence-electron chi connectivity index (χ3n) is 3.65. The molecule has 0 aliphatic carbocycles. The van der Waals surface area contributed by atoms with E-state index in [1.807, 2.05) is 31.2 Å². The Kier molecular flexibility index (Phi) is 4.28. The second-order valence-electron chi connectivity index (χ2n) is 5.41. The number of nitrogens with zero attached hydrogens (tertiary/aromatic N) is 3. The summed E-state index contributed by atoms with van der Waals surface area (Å²) in [4.78, 5) is 12.7. The SMILES string of the molecule is Cc1ccc(Cn2c(C)nn(-c3ccc(Cl)cc3Cl)c2=O)cc1. The quantitative estimate of drug-likeness (QED) is 0.718. The van der Waals surface area contributed by atoms with Crippen LogP contribution >= 0.6 is 23.2 Å². The van der Waals surface area contributed by atoms with E-state index in [0.717, 1.165) is 5.56 Å². The summed E-state index contributed by atoms with van der Waals surface area (Å²) < 4.78 is 2.93. The van der Waals surface area contributed by atoms with Crippen molar-refractivity contribution in [3.05, 3.63) is 79.9 Å². The summed E-state index contributed by atoms with van der Waals surface area (Å²) in [6.45, 7) is 4.30. The topological polar surface area (TPSA) is 39.8 Å². The van der Waals surface area contributed by atoms with Crippen LogP contribution in [0.2, 0.25) is 10.0 Å². The minimum atomic E-state index is -0.229. The fourth-order valence-corrected chi connectivity index (χ4v) is 2.85. The molecule has 0 aliphatic rings. The van der Waals surface area contributed by atoms with Crippen molar-refractivity contribution < 1.29 is 0 Å². The summed E-state index contributed by atoms with van der Waals surface area (Å²) >= 11 is 12.1. The van der Waals surface area contributed by atoms with Crippen LogP contribution in [0, 0.1) is 13.8 Å². The number of halogens is 2. The van der Waals surface area contributed by atoms with E-state index >= 15 is 0 Å². The fourth-order valence-electron chi connectivity index (χ4n) is 2.36. The summed E-state index contributed by atoms with van der Waals surface area (Å²) in [6.07, 6.45) is 0. The molecule has 3 rings (SSSR count). The maximum absolute atomic E-state index is 12.7. The molecule has 23 heavy (non-hydrogen) atoms. The lowest BCUT2D eigenvalue weighted by Gasteiger charge is -2.04. The minimum absolute atomic E-state index is 0.229. The van der Waals surface area contributed by atoms with Crippen molar-refractivity contribution in [3.63, 3.8) is 0 Å². The third kappa shape index (κ3) is 3.19. The van der Waals surface area contributed by atoms with E-state index < -0.39 is 0 Å². The molecule has 0 bridgehead atoms. The van der Waals surface area contributed by atoms with Crippen molar-refractivity contribution in [1.29, 1.82) is 0 Å². The van der Waals surface area contributed by atoms with Crippen LogP contribution < -0.4 is 5.69 Å². The maximum atomic E-state index is 12.7. The Bertz CT molecular complexity index is 911. The van der Waals surface area contributed by atoms with E-state index in [2.05, 4.69) is 5.10 Å². The molecule has 0 N–H and O–H groups in total. The Labute approximate surface area is 143 Å². The monoisotopic (exact) mass is 347 g/mol. The number of aromatic nitrogens is 3. The summed E-state index contributed by atoms with van der Waals surface area (Å²) in [5.41, 5.74) is 2.52. The standard InChI is InChI=1S/C17H15Cl2N3O/c1-11-3-5-13(6-4-11)10-21-12(2)20-22(17(21)23)16-8-7-14(18)9-15(16)19/h3-9H,10H2,1-2H3. The molecule has 1 aromatic heterocycles. The summed E-state index contributed by atoms with van der Waals surface area (Å²) in [7, 11) is 0. The van der Waals surface area contributed by atoms with Crippen LogP contribution in [-0.2, 0) is 6.54 Å². The molecular formula is C17H15Cl2N3O. The lowest BCUT2D eigenvalue weighted by molar-refractivity contribution is 0.723. The van der Waals surface area contributed by atoms with Gasteiger partial charge in [-0.2, -0.15) is 9.78 Å². The smallest absolute Gasteiger partial charge is 0.274 e. The minimum Gasteiger partial charge on any atom is -0.274 e. The summed E-state index contributed by atoms with van der Waals surface area (Å²) in [6, 6.07) is 13.0. The zero-order chi connectivity index (χ0) is 16.6. The second-order valence-corrected chi connectivity index (χ2v) is 6.25. The molecule has 0 saturated carbocycles. The molecule has 0 atom stereocenters. The molecule has 0 radical (unpaired) electrons. The predicted molar refractivity (Wildman–Crippen MR) is 92.9 cm³/mol. The van der Waals surface area contributed by atoms with Gasteiger partial charge in [-0.15, -0.1) is 0 Å². The van der Waals surface area contributed by atoms with Crippen LogP contribution in [0.25, 0.3) is 5.69 Å². The first-order valence-corrected chi connectivity index (χ1v) is 7.89. The van der Waals surface area contributed by atoms with Gasteiger partial charge in [-0.1, -0.05) is 53.0 Å². The van der Waals surface area contributed by atoms with Gasteiger partial charge in [0.05, 0.1) is 17.3 Å². The Morgan fingerprint density at radius 1 is 1.04 bits per heavy atom. The van der Waals surface area contributed by atoms with Crippen LogP contribution in [-0.4, -0.2) is 14.3 Å². The zero-order valence-electron chi connectivity index (χ0n) is 12.8. The molecule has 0 saturated heterocycles. The molecule has 0 spiro atoms. The molecule has 0 aliphatic heterocycles. The predicted octanol–water partition coefficient (Wildman–Crippen LogP) is 4.01. The molecule has 118 valence electrons. The average Bonchev–Trinajstić information content (AvgIpc) is 2.77. The Morgan fingerprint density at radius 2 is 1.74 bits per heavy atom. The van der Waals surface area contributed by atoms with Crippen molar-refractivity contribution in [1.82, 2.24) is 14.3 Å². The van der Waals surface area contributed by atoms with E-state index in [4.69, 9.17) is 23.2 Å². The average molecular weight is 348 g/mol. The fraction of sp³-hybridized carbons (Fsp3) is 0.176. The van der Waals surface area contributed by atoms with Gasteiger partial charge in [-0.25, -0.2) is 4.79 Å². The van der Waals surface area contributed by atoms with Crippen LogP contribution in [0.3, 0.4) is 0 Å². The van der Waals surface area contributed by atoms with Crippen molar-refractivity contribution in [2.45, 2.75) is 20.4 Å². The van der Waals surface area contributed by atoms with E-state index in [1.54, 1.807) is 29.7 Å². The van der Waals surface area contributed by atoms with E-state index in [9.17, 15) is 4.79 Å². The van der Waals surface area contributed by atoms with Crippen molar-refractivity contribution in [2.24, 2.45) is 0 Å². The molecule has 3 aromatic rings. The van der Waals surface area contributed by atoms with Crippen molar-refractivity contribution >= 4 is 23.2 Å². The normalized spacial score (nSPS) is 11.0. The molecule has 0 fully saturated rings. The van der Waals surface area contributed by atoms with Crippen LogP contribution in [0.1, 0.15) is 17.0 Å².